The number of nitrogens with zero attached hydrogens (tertiary/aromatic N) is 2. The lowest BCUT2D eigenvalue weighted by Gasteiger charge is -2.07. The highest BCUT2D eigenvalue weighted by atomic mass is 16.1. The molecule has 2 amide bonds. The second-order valence-electron chi connectivity index (χ2n) is 3.68. The van der Waals surface area contributed by atoms with Gasteiger partial charge in [-0.05, 0) is 18.2 Å². The number of primary amides is 2. The van der Waals surface area contributed by atoms with Crippen molar-refractivity contribution in [2.45, 2.75) is 0 Å². The third-order valence-electron chi connectivity index (χ3n) is 2.40. The lowest BCUT2D eigenvalue weighted by molar-refractivity contribution is 0.0992. The van der Waals surface area contributed by atoms with Crippen LogP contribution in [0.2, 0.25) is 0 Å². The van der Waals surface area contributed by atoms with Gasteiger partial charge in [-0.25, -0.2) is 4.68 Å². The average molecular weight is 245 g/mol. The Morgan fingerprint density at radius 3 is 2.44 bits per heavy atom. The summed E-state index contributed by atoms with van der Waals surface area (Å²) < 4.78 is 1.35. The highest BCUT2D eigenvalue weighted by Crippen LogP contribution is 2.17. The van der Waals surface area contributed by atoms with E-state index in [0.29, 0.717) is 11.4 Å². The average Bonchev–Trinajstić information content (AvgIpc) is 2.78. The van der Waals surface area contributed by atoms with E-state index < -0.39 is 11.8 Å². The van der Waals surface area contributed by atoms with Crippen molar-refractivity contribution < 1.29 is 9.59 Å². The first-order valence-corrected chi connectivity index (χ1v) is 5.03. The predicted molar refractivity (Wildman–Crippen MR) is 65.0 cm³/mol. The van der Waals surface area contributed by atoms with Gasteiger partial charge in [-0.2, -0.15) is 5.10 Å². The summed E-state index contributed by atoms with van der Waals surface area (Å²) in [5.74, 6) is -1.23. The first-order valence-electron chi connectivity index (χ1n) is 5.03. The Hall–Kier alpha value is -2.83. The minimum absolute atomic E-state index is 0.217. The number of carbonyl (C=O) groups is 2. The summed E-state index contributed by atoms with van der Waals surface area (Å²) in [6.07, 6.45) is 2.73. The molecule has 18 heavy (non-hydrogen) atoms. The lowest BCUT2D eigenvalue weighted by Crippen LogP contribution is -2.15. The maximum absolute atomic E-state index is 11.3. The second kappa shape index (κ2) is 4.21. The quantitative estimate of drug-likeness (QED) is 0.638. The summed E-state index contributed by atoms with van der Waals surface area (Å²) in [6, 6.07) is 4.64. The number of amides is 2. The van der Waals surface area contributed by atoms with Crippen LogP contribution < -0.4 is 17.2 Å². The number of anilines is 1. The maximum Gasteiger partial charge on any atom is 0.251 e. The molecule has 0 aliphatic rings. The van der Waals surface area contributed by atoms with Gasteiger partial charge in [-0.3, -0.25) is 9.59 Å². The van der Waals surface area contributed by atoms with Gasteiger partial charge in [0.2, 0.25) is 0 Å². The van der Waals surface area contributed by atoms with E-state index in [1.165, 1.54) is 23.1 Å². The van der Waals surface area contributed by atoms with E-state index in [0.717, 1.165) is 0 Å². The zero-order valence-electron chi connectivity index (χ0n) is 9.33. The topological polar surface area (TPSA) is 130 Å². The van der Waals surface area contributed by atoms with E-state index in [-0.39, 0.29) is 11.1 Å². The lowest BCUT2D eigenvalue weighted by atomic mass is 10.1. The van der Waals surface area contributed by atoms with Crippen molar-refractivity contribution in [1.82, 2.24) is 9.78 Å². The fourth-order valence-electron chi connectivity index (χ4n) is 1.53. The number of nitrogen functional groups attached to an aromatic ring is 1. The number of carbonyl (C=O) groups excluding carboxylic acids is 2. The largest absolute Gasteiger partial charge is 0.399 e. The van der Waals surface area contributed by atoms with Gasteiger partial charge >= 0.3 is 0 Å². The van der Waals surface area contributed by atoms with E-state index in [2.05, 4.69) is 5.10 Å². The van der Waals surface area contributed by atoms with E-state index in [9.17, 15) is 9.59 Å². The Morgan fingerprint density at radius 2 is 1.89 bits per heavy atom. The van der Waals surface area contributed by atoms with Crippen LogP contribution in [0.15, 0.2) is 30.6 Å². The molecule has 2 rings (SSSR count). The van der Waals surface area contributed by atoms with Crippen LogP contribution in [0.3, 0.4) is 0 Å². The third-order valence-corrected chi connectivity index (χ3v) is 2.40. The van der Waals surface area contributed by atoms with Crippen LogP contribution in [0.25, 0.3) is 5.69 Å². The van der Waals surface area contributed by atoms with Crippen LogP contribution in [-0.2, 0) is 0 Å². The minimum atomic E-state index is -0.631. The van der Waals surface area contributed by atoms with E-state index >= 15 is 0 Å². The number of hydrogen-bond donors (Lipinski definition) is 3. The Balaban J connectivity index is 2.55. The molecule has 1 aromatic carbocycles. The zero-order chi connectivity index (χ0) is 13.3. The maximum atomic E-state index is 11.3. The Bertz CT molecular complexity index is 632. The van der Waals surface area contributed by atoms with Gasteiger partial charge in [0.1, 0.15) is 0 Å². The minimum Gasteiger partial charge on any atom is -0.399 e. The molecule has 0 bridgehead atoms. The Kier molecular flexibility index (Phi) is 2.72. The summed E-state index contributed by atoms with van der Waals surface area (Å²) in [4.78, 5) is 22.3. The molecule has 0 saturated heterocycles. The van der Waals surface area contributed by atoms with Crippen molar-refractivity contribution in [3.05, 3.63) is 41.7 Å². The molecule has 0 fully saturated rings. The predicted octanol–water partition coefficient (Wildman–Crippen LogP) is -0.348. The van der Waals surface area contributed by atoms with E-state index in [1.807, 2.05) is 0 Å². The van der Waals surface area contributed by atoms with Crippen molar-refractivity contribution in [2.75, 3.05) is 5.73 Å². The second-order valence-corrected chi connectivity index (χ2v) is 3.68. The van der Waals surface area contributed by atoms with Gasteiger partial charge < -0.3 is 17.2 Å². The number of nitrogens with two attached hydrogens (primary N) is 3. The Morgan fingerprint density at radius 1 is 1.17 bits per heavy atom. The van der Waals surface area contributed by atoms with Gasteiger partial charge in [-0.1, -0.05) is 0 Å². The molecule has 92 valence electrons. The molecular weight excluding hydrogens is 234 g/mol. The summed E-state index contributed by atoms with van der Waals surface area (Å²) >= 11 is 0. The summed E-state index contributed by atoms with van der Waals surface area (Å²) in [5, 5.41) is 3.95. The highest BCUT2D eigenvalue weighted by molar-refractivity contribution is 5.97. The normalized spacial score (nSPS) is 10.2. The fraction of sp³-hybridized carbons (Fsp3) is 0. The van der Waals surface area contributed by atoms with Gasteiger partial charge in [0.25, 0.3) is 11.8 Å². The van der Waals surface area contributed by atoms with E-state index in [4.69, 9.17) is 17.2 Å². The van der Waals surface area contributed by atoms with Crippen LogP contribution in [-0.4, -0.2) is 21.6 Å². The molecule has 0 spiro atoms. The number of rotatable bonds is 3. The number of benzene rings is 1. The number of hydrogen-bond acceptors (Lipinski definition) is 4. The summed E-state index contributed by atoms with van der Waals surface area (Å²) in [6.45, 7) is 0. The van der Waals surface area contributed by atoms with Gasteiger partial charge in [-0.15, -0.1) is 0 Å². The summed E-state index contributed by atoms with van der Waals surface area (Å²) in [5.41, 5.74) is 17.3. The first kappa shape index (κ1) is 11.6. The smallest absolute Gasteiger partial charge is 0.251 e. The van der Waals surface area contributed by atoms with Crippen molar-refractivity contribution in [3.63, 3.8) is 0 Å². The molecule has 0 atom stereocenters. The van der Waals surface area contributed by atoms with Gasteiger partial charge in [0, 0.05) is 11.9 Å². The monoisotopic (exact) mass is 245 g/mol. The fourth-order valence-corrected chi connectivity index (χ4v) is 1.53. The van der Waals surface area contributed by atoms with Crippen LogP contribution in [0, 0.1) is 0 Å². The standard InChI is InChI=1S/C11H11N5O2/c12-7-1-2-9(8(3-7)11(14)18)16-5-6(4-15-16)10(13)17/h1-5H,12H2,(H2,13,17)(H2,14,18). The molecule has 7 heteroatoms. The first-order chi connectivity index (χ1) is 8.49. The molecule has 0 aliphatic carbocycles. The molecule has 2 aromatic rings. The SMILES string of the molecule is NC(=O)c1cnn(-c2ccc(N)cc2C(N)=O)c1. The molecule has 0 aliphatic heterocycles. The van der Waals surface area contributed by atoms with Crippen molar-refractivity contribution in [3.8, 4) is 5.69 Å². The molecular formula is C11H11N5O2. The third kappa shape index (κ3) is 2.01. The molecule has 6 N–H and O–H groups in total. The molecule has 0 saturated carbocycles. The van der Waals surface area contributed by atoms with Crippen LogP contribution in [0.1, 0.15) is 20.7 Å². The van der Waals surface area contributed by atoms with E-state index in [1.54, 1.807) is 12.1 Å². The Labute approximate surface area is 102 Å². The zero-order valence-corrected chi connectivity index (χ0v) is 9.33. The molecule has 1 aromatic heterocycles. The van der Waals surface area contributed by atoms with Crippen LogP contribution >= 0.6 is 0 Å². The molecule has 0 radical (unpaired) electrons. The van der Waals surface area contributed by atoms with Gasteiger partial charge in [0.15, 0.2) is 0 Å². The van der Waals surface area contributed by atoms with Crippen LogP contribution in [0.5, 0.6) is 0 Å². The van der Waals surface area contributed by atoms with Gasteiger partial charge in [0.05, 0.1) is 23.0 Å². The molecule has 0 unspecified atom stereocenters. The highest BCUT2D eigenvalue weighted by Gasteiger charge is 2.12. The summed E-state index contributed by atoms with van der Waals surface area (Å²) in [7, 11) is 0. The van der Waals surface area contributed by atoms with Crippen LogP contribution in [0.4, 0.5) is 5.69 Å². The molecule has 1 heterocycles. The van der Waals surface area contributed by atoms with Crippen molar-refractivity contribution in [1.29, 1.82) is 0 Å². The van der Waals surface area contributed by atoms with Crippen molar-refractivity contribution >= 4 is 17.5 Å². The molecule has 7 nitrogen and oxygen atoms in total. The van der Waals surface area contributed by atoms with Crippen molar-refractivity contribution in [2.24, 2.45) is 11.5 Å². The number of aromatic nitrogens is 2.